The van der Waals surface area contributed by atoms with Gasteiger partial charge in [0.2, 0.25) is 5.91 Å². The lowest BCUT2D eigenvalue weighted by Gasteiger charge is -2.34. The molecule has 0 radical (unpaired) electrons. The van der Waals surface area contributed by atoms with Crippen LogP contribution in [0.2, 0.25) is 0 Å². The Hall–Kier alpha value is -4.69. The quantitative estimate of drug-likeness (QED) is 0.197. The smallest absolute Gasteiger partial charge is 0.261 e. The molecular formula is C36H36N4O3S. The van der Waals surface area contributed by atoms with Crippen molar-refractivity contribution < 1.29 is 14.4 Å². The van der Waals surface area contributed by atoms with Gasteiger partial charge in [0.25, 0.3) is 11.8 Å². The third kappa shape index (κ3) is 5.42. The fourth-order valence-corrected chi connectivity index (χ4v) is 7.04. The normalized spacial score (nSPS) is 15.1. The van der Waals surface area contributed by atoms with Crippen molar-refractivity contribution in [1.82, 2.24) is 20.3 Å². The van der Waals surface area contributed by atoms with E-state index in [1.165, 1.54) is 11.3 Å². The van der Waals surface area contributed by atoms with Gasteiger partial charge < -0.3 is 9.47 Å². The average molecular weight is 605 g/mol. The summed E-state index contributed by atoms with van der Waals surface area (Å²) in [6.45, 7) is 6.14. The maximum atomic E-state index is 14.3. The van der Waals surface area contributed by atoms with Crippen molar-refractivity contribution in [3.05, 3.63) is 117 Å². The van der Waals surface area contributed by atoms with Crippen LogP contribution >= 0.6 is 11.3 Å². The van der Waals surface area contributed by atoms with Crippen molar-refractivity contribution in [3.8, 4) is 11.3 Å². The number of amides is 3. The molecule has 2 atom stereocenters. The molecular weight excluding hydrogens is 568 g/mol. The Morgan fingerprint density at radius 3 is 2.36 bits per heavy atom. The molecule has 2 N–H and O–H groups in total. The van der Waals surface area contributed by atoms with Crippen molar-refractivity contribution in [2.24, 2.45) is 13.0 Å². The van der Waals surface area contributed by atoms with Crippen LogP contribution in [0, 0.1) is 12.8 Å². The largest absolute Gasteiger partial charge is 0.343 e. The minimum absolute atomic E-state index is 0.105. The van der Waals surface area contributed by atoms with Gasteiger partial charge in [-0.15, -0.1) is 11.3 Å². The number of nitrogens with one attached hydrogen (secondary N) is 2. The van der Waals surface area contributed by atoms with E-state index in [0.717, 1.165) is 43.7 Å². The monoisotopic (exact) mass is 604 g/mol. The van der Waals surface area contributed by atoms with Crippen LogP contribution < -0.4 is 10.9 Å². The standard InChI is InChI=1S/C36H36N4O3S/c1-22(2)20-30(35(42)38-37-31(41)21-25-10-9-19-44-25)40-34(26-11-5-6-12-27(26)36(40)43)32-28-13-7-8-14-29(28)39(4)33(32)24-17-15-23(3)16-18-24/h5-19,22,30,34H,20-21H2,1-4H3,(H,37,41)(H,38,42). The highest BCUT2D eigenvalue weighted by Crippen LogP contribution is 2.47. The number of benzene rings is 3. The van der Waals surface area contributed by atoms with Crippen LogP contribution in [0.25, 0.3) is 22.2 Å². The summed E-state index contributed by atoms with van der Waals surface area (Å²) >= 11 is 1.49. The van der Waals surface area contributed by atoms with Gasteiger partial charge in [-0.2, -0.15) is 0 Å². The Labute approximate surface area is 261 Å². The molecule has 8 heteroatoms. The van der Waals surface area contributed by atoms with Gasteiger partial charge in [0.15, 0.2) is 0 Å². The van der Waals surface area contributed by atoms with Gasteiger partial charge in [-0.3, -0.25) is 25.2 Å². The Kier molecular flexibility index (Phi) is 8.10. The molecule has 3 heterocycles. The number of para-hydroxylation sites is 1. The van der Waals surface area contributed by atoms with Crippen molar-refractivity contribution in [1.29, 1.82) is 0 Å². The molecule has 224 valence electrons. The first-order valence-electron chi connectivity index (χ1n) is 14.9. The average Bonchev–Trinajstić information content (AvgIpc) is 3.71. The van der Waals surface area contributed by atoms with Gasteiger partial charge in [0.05, 0.1) is 18.2 Å². The minimum Gasteiger partial charge on any atom is -0.343 e. The van der Waals surface area contributed by atoms with Crippen LogP contribution in [-0.4, -0.2) is 33.2 Å². The van der Waals surface area contributed by atoms with Crippen molar-refractivity contribution >= 4 is 40.0 Å². The Bertz CT molecular complexity index is 1840. The first kappa shape index (κ1) is 29.4. The molecule has 0 bridgehead atoms. The van der Waals surface area contributed by atoms with Crippen molar-refractivity contribution in [2.75, 3.05) is 0 Å². The van der Waals surface area contributed by atoms with Gasteiger partial charge in [0, 0.05) is 34.0 Å². The zero-order chi connectivity index (χ0) is 31.0. The molecule has 0 fully saturated rings. The molecule has 44 heavy (non-hydrogen) atoms. The Morgan fingerprint density at radius 2 is 1.64 bits per heavy atom. The second kappa shape index (κ2) is 12.1. The highest BCUT2D eigenvalue weighted by atomic mass is 32.1. The molecule has 0 aliphatic carbocycles. The van der Waals surface area contributed by atoms with Crippen LogP contribution in [-0.2, 0) is 23.1 Å². The number of thiophene rings is 1. The van der Waals surface area contributed by atoms with Crippen LogP contribution in [0.3, 0.4) is 0 Å². The van der Waals surface area contributed by atoms with Crippen LogP contribution in [0.4, 0.5) is 0 Å². The Balaban J connectivity index is 1.47. The number of aromatic nitrogens is 1. The molecule has 0 spiro atoms. The number of rotatable bonds is 8. The number of hydrogen-bond acceptors (Lipinski definition) is 4. The van der Waals surface area contributed by atoms with Gasteiger partial charge in [-0.05, 0) is 54.0 Å². The van der Waals surface area contributed by atoms with E-state index in [4.69, 9.17) is 0 Å². The molecule has 1 aliphatic rings. The summed E-state index contributed by atoms with van der Waals surface area (Å²) in [6, 6.07) is 26.7. The molecule has 3 amide bonds. The van der Waals surface area contributed by atoms with E-state index in [2.05, 4.69) is 65.8 Å². The predicted octanol–water partition coefficient (Wildman–Crippen LogP) is 6.57. The number of nitrogens with zero attached hydrogens (tertiary/aromatic N) is 2. The predicted molar refractivity (Wildman–Crippen MR) is 175 cm³/mol. The summed E-state index contributed by atoms with van der Waals surface area (Å²) < 4.78 is 2.18. The van der Waals surface area contributed by atoms with Gasteiger partial charge in [-0.25, -0.2) is 0 Å². The molecule has 7 nitrogen and oxygen atoms in total. The van der Waals surface area contributed by atoms with Gasteiger partial charge in [0.1, 0.15) is 6.04 Å². The fraction of sp³-hybridized carbons (Fsp3) is 0.250. The van der Waals surface area contributed by atoms with Gasteiger partial charge >= 0.3 is 0 Å². The van der Waals surface area contributed by atoms with E-state index in [1.807, 2.05) is 67.8 Å². The van der Waals surface area contributed by atoms with E-state index in [9.17, 15) is 14.4 Å². The summed E-state index contributed by atoms with van der Waals surface area (Å²) in [5.41, 5.74) is 11.9. The minimum atomic E-state index is -0.827. The Morgan fingerprint density at radius 1 is 0.909 bits per heavy atom. The van der Waals surface area contributed by atoms with E-state index in [1.54, 1.807) is 4.90 Å². The lowest BCUT2D eigenvalue weighted by atomic mass is 9.91. The molecule has 1 aliphatic heterocycles. The summed E-state index contributed by atoms with van der Waals surface area (Å²) in [7, 11) is 2.05. The molecule has 3 aromatic carbocycles. The topological polar surface area (TPSA) is 83.4 Å². The lowest BCUT2D eigenvalue weighted by molar-refractivity contribution is -0.132. The summed E-state index contributed by atoms with van der Waals surface area (Å²) in [5, 5.41) is 2.94. The number of fused-ring (bicyclic) bond motifs is 2. The zero-order valence-electron chi connectivity index (χ0n) is 25.3. The second-order valence-electron chi connectivity index (χ2n) is 11.8. The third-order valence-electron chi connectivity index (χ3n) is 8.32. The van der Waals surface area contributed by atoms with Crippen molar-refractivity contribution in [3.63, 3.8) is 0 Å². The molecule has 0 saturated heterocycles. The number of carbonyl (C=O) groups excluding carboxylic acids is 3. The van der Waals surface area contributed by atoms with E-state index in [-0.39, 0.29) is 24.2 Å². The van der Waals surface area contributed by atoms with Crippen LogP contribution in [0.1, 0.15) is 58.2 Å². The maximum absolute atomic E-state index is 14.3. The van der Waals surface area contributed by atoms with Gasteiger partial charge in [-0.1, -0.05) is 86.1 Å². The first-order valence-corrected chi connectivity index (χ1v) is 15.8. The van der Waals surface area contributed by atoms with Crippen LogP contribution in [0.15, 0.2) is 90.3 Å². The lowest BCUT2D eigenvalue weighted by Crippen LogP contribution is -2.54. The highest BCUT2D eigenvalue weighted by Gasteiger charge is 2.46. The molecule has 2 unspecified atom stereocenters. The van der Waals surface area contributed by atoms with E-state index < -0.39 is 18.0 Å². The molecule has 6 rings (SSSR count). The molecule has 5 aromatic rings. The van der Waals surface area contributed by atoms with E-state index >= 15 is 0 Å². The molecule has 2 aromatic heterocycles. The second-order valence-corrected chi connectivity index (χ2v) is 12.9. The third-order valence-corrected chi connectivity index (χ3v) is 9.19. The first-order chi connectivity index (χ1) is 21.2. The summed E-state index contributed by atoms with van der Waals surface area (Å²) in [5.74, 6) is -0.818. The SMILES string of the molecule is Cc1ccc(-c2c(C3c4ccccc4C(=O)N3C(CC(C)C)C(=O)NNC(=O)Cc3cccs3)c3ccccc3n2C)cc1. The maximum Gasteiger partial charge on any atom is 0.261 e. The molecule has 0 saturated carbocycles. The highest BCUT2D eigenvalue weighted by molar-refractivity contribution is 7.10. The number of aryl methyl sites for hydroxylation is 2. The van der Waals surface area contributed by atoms with E-state index in [0.29, 0.717) is 12.0 Å². The number of carbonyl (C=O) groups is 3. The number of hydrazine groups is 1. The fourth-order valence-electron chi connectivity index (χ4n) is 6.34. The summed E-state index contributed by atoms with van der Waals surface area (Å²) in [6.07, 6.45) is 0.590. The van der Waals surface area contributed by atoms with Crippen LogP contribution in [0.5, 0.6) is 0 Å². The zero-order valence-corrected chi connectivity index (χ0v) is 26.2. The number of hydrogen-bond donors (Lipinski definition) is 2. The summed E-state index contributed by atoms with van der Waals surface area (Å²) in [4.78, 5) is 43.7. The van der Waals surface area contributed by atoms with Crippen molar-refractivity contribution in [2.45, 2.75) is 45.7 Å².